The van der Waals surface area contributed by atoms with Gasteiger partial charge in [0, 0.05) is 29.9 Å². The second-order valence-corrected chi connectivity index (χ2v) is 7.87. The first-order valence-electron chi connectivity index (χ1n) is 10.6. The van der Waals surface area contributed by atoms with Crippen LogP contribution in [-0.4, -0.2) is 35.6 Å². The number of hydrogen-bond acceptors (Lipinski definition) is 5. The van der Waals surface area contributed by atoms with Gasteiger partial charge in [0.2, 0.25) is 0 Å². The lowest BCUT2D eigenvalue weighted by molar-refractivity contribution is 0.0916. The van der Waals surface area contributed by atoms with Crippen molar-refractivity contribution in [3.63, 3.8) is 0 Å². The van der Waals surface area contributed by atoms with E-state index >= 15 is 0 Å². The minimum Gasteiger partial charge on any atom is -0.496 e. The fourth-order valence-corrected chi connectivity index (χ4v) is 4.09. The fraction of sp³-hybridized carbons (Fsp3) is 0.320. The van der Waals surface area contributed by atoms with E-state index in [-0.39, 0.29) is 17.9 Å². The highest BCUT2D eigenvalue weighted by molar-refractivity contribution is 6.03. The Labute approximate surface area is 182 Å². The molecule has 0 radical (unpaired) electrons. The maximum Gasteiger partial charge on any atom is 0.255 e. The minimum absolute atomic E-state index is 0.0533. The number of carbonyl (C=O) groups excluding carboxylic acids is 1. The van der Waals surface area contributed by atoms with E-state index in [2.05, 4.69) is 22.2 Å². The average molecular weight is 418 g/mol. The van der Waals surface area contributed by atoms with Crippen molar-refractivity contribution in [1.82, 2.24) is 15.3 Å². The van der Waals surface area contributed by atoms with E-state index < -0.39 is 0 Å². The molecule has 0 bridgehead atoms. The van der Waals surface area contributed by atoms with Gasteiger partial charge in [0.15, 0.2) is 0 Å². The first-order chi connectivity index (χ1) is 15.2. The van der Waals surface area contributed by atoms with Crippen LogP contribution in [0.25, 0.3) is 11.3 Å². The number of hydrogen-bond donors (Lipinski definition) is 1. The highest BCUT2D eigenvalue weighted by Crippen LogP contribution is 2.31. The van der Waals surface area contributed by atoms with E-state index in [9.17, 15) is 4.79 Å². The van der Waals surface area contributed by atoms with Gasteiger partial charge in [0.05, 0.1) is 31.2 Å². The Morgan fingerprint density at radius 3 is 2.71 bits per heavy atom. The molecule has 1 amide bonds. The topological polar surface area (TPSA) is 73.3 Å². The Kier molecular flexibility index (Phi) is 6.46. The molecule has 1 aromatic heterocycles. The van der Waals surface area contributed by atoms with Crippen LogP contribution >= 0.6 is 0 Å². The zero-order valence-electron chi connectivity index (χ0n) is 17.9. The van der Waals surface area contributed by atoms with E-state index in [0.717, 1.165) is 25.0 Å². The Bertz CT molecular complexity index is 1020. The van der Waals surface area contributed by atoms with Gasteiger partial charge in [-0.1, -0.05) is 36.2 Å². The standard InChI is InChI=1S/C25H27N3O3/c1-17-9-11-19(12-10-17)31-16-18-5-3-7-21(18)28-25(29)24-20(6-4-8-23(24)30-2)22-15-26-13-14-27-22/h4,6,8-15,18,21H,3,5,7,16H2,1-2H3,(H,28,29)/t18-,21?/m1/s1. The molecule has 0 saturated heterocycles. The molecule has 6 nitrogen and oxygen atoms in total. The van der Waals surface area contributed by atoms with Crippen LogP contribution in [0, 0.1) is 12.8 Å². The molecule has 0 aliphatic heterocycles. The first-order valence-corrected chi connectivity index (χ1v) is 10.6. The maximum atomic E-state index is 13.4. The molecule has 4 rings (SSSR count). The number of amides is 1. The Balaban J connectivity index is 1.50. The Morgan fingerprint density at radius 1 is 1.13 bits per heavy atom. The van der Waals surface area contributed by atoms with Crippen LogP contribution in [0.2, 0.25) is 0 Å². The summed E-state index contributed by atoms with van der Waals surface area (Å²) in [6, 6.07) is 13.6. The van der Waals surface area contributed by atoms with Gasteiger partial charge in [-0.2, -0.15) is 0 Å². The van der Waals surface area contributed by atoms with Crippen LogP contribution in [-0.2, 0) is 0 Å². The third-order valence-electron chi connectivity index (χ3n) is 5.77. The molecule has 1 aliphatic rings. The van der Waals surface area contributed by atoms with Gasteiger partial charge in [-0.15, -0.1) is 0 Å². The summed E-state index contributed by atoms with van der Waals surface area (Å²) in [4.78, 5) is 21.9. The molecule has 1 heterocycles. The summed E-state index contributed by atoms with van der Waals surface area (Å²) in [7, 11) is 1.57. The molecule has 2 atom stereocenters. The zero-order chi connectivity index (χ0) is 21.6. The summed E-state index contributed by atoms with van der Waals surface area (Å²) in [6.45, 7) is 2.64. The highest BCUT2D eigenvalue weighted by Gasteiger charge is 2.31. The lowest BCUT2D eigenvalue weighted by Crippen LogP contribution is -2.39. The average Bonchev–Trinajstić information content (AvgIpc) is 3.25. The van der Waals surface area contributed by atoms with Crippen molar-refractivity contribution in [2.45, 2.75) is 32.2 Å². The van der Waals surface area contributed by atoms with Crippen molar-refractivity contribution in [2.75, 3.05) is 13.7 Å². The molecule has 0 spiro atoms. The molecular formula is C25H27N3O3. The zero-order valence-corrected chi connectivity index (χ0v) is 17.9. The summed E-state index contributed by atoms with van der Waals surface area (Å²) in [5, 5.41) is 3.23. The number of nitrogens with zero attached hydrogens (tertiary/aromatic N) is 2. The van der Waals surface area contributed by atoms with Gasteiger partial charge in [0.25, 0.3) is 5.91 Å². The Morgan fingerprint density at radius 2 is 1.97 bits per heavy atom. The van der Waals surface area contributed by atoms with Crippen molar-refractivity contribution in [1.29, 1.82) is 0 Å². The van der Waals surface area contributed by atoms with Crippen molar-refractivity contribution in [2.24, 2.45) is 5.92 Å². The second-order valence-electron chi connectivity index (χ2n) is 7.87. The van der Waals surface area contributed by atoms with Gasteiger partial charge in [0.1, 0.15) is 11.5 Å². The summed E-state index contributed by atoms with van der Waals surface area (Å²) in [5.74, 6) is 1.48. The van der Waals surface area contributed by atoms with Crippen LogP contribution < -0.4 is 14.8 Å². The van der Waals surface area contributed by atoms with Crippen LogP contribution in [0.3, 0.4) is 0 Å². The second kappa shape index (κ2) is 9.60. The molecule has 1 unspecified atom stereocenters. The number of aryl methyl sites for hydroxylation is 1. The number of aromatic nitrogens is 2. The van der Waals surface area contributed by atoms with E-state index in [1.54, 1.807) is 31.8 Å². The molecule has 1 fully saturated rings. The molecule has 2 aromatic carbocycles. The third kappa shape index (κ3) is 4.85. The lowest BCUT2D eigenvalue weighted by atomic mass is 10.0. The fourth-order valence-electron chi connectivity index (χ4n) is 4.09. The smallest absolute Gasteiger partial charge is 0.255 e. The van der Waals surface area contributed by atoms with E-state index in [1.807, 2.05) is 36.4 Å². The molecule has 3 aromatic rings. The normalized spacial score (nSPS) is 17.9. The summed E-state index contributed by atoms with van der Waals surface area (Å²) < 4.78 is 11.5. The van der Waals surface area contributed by atoms with Gasteiger partial charge >= 0.3 is 0 Å². The van der Waals surface area contributed by atoms with Gasteiger partial charge < -0.3 is 14.8 Å². The van der Waals surface area contributed by atoms with Crippen LogP contribution in [0.4, 0.5) is 0 Å². The van der Waals surface area contributed by atoms with E-state index in [1.165, 1.54) is 5.56 Å². The predicted octanol–water partition coefficient (Wildman–Crippen LogP) is 4.44. The van der Waals surface area contributed by atoms with Crippen molar-refractivity contribution < 1.29 is 14.3 Å². The highest BCUT2D eigenvalue weighted by atomic mass is 16.5. The number of ether oxygens (including phenoxy) is 2. The molecule has 1 saturated carbocycles. The third-order valence-corrected chi connectivity index (χ3v) is 5.77. The monoisotopic (exact) mass is 417 g/mol. The molecule has 6 heteroatoms. The maximum absolute atomic E-state index is 13.4. The van der Waals surface area contributed by atoms with E-state index in [0.29, 0.717) is 29.2 Å². The van der Waals surface area contributed by atoms with Gasteiger partial charge in [-0.05, 0) is 38.0 Å². The van der Waals surface area contributed by atoms with Crippen LogP contribution in [0.1, 0.15) is 35.2 Å². The number of rotatable bonds is 7. The van der Waals surface area contributed by atoms with Crippen LogP contribution in [0.5, 0.6) is 11.5 Å². The minimum atomic E-state index is -0.162. The molecular weight excluding hydrogens is 390 g/mol. The van der Waals surface area contributed by atoms with Crippen molar-refractivity contribution >= 4 is 5.91 Å². The molecule has 31 heavy (non-hydrogen) atoms. The number of benzene rings is 2. The summed E-state index contributed by atoms with van der Waals surface area (Å²) >= 11 is 0. The SMILES string of the molecule is COc1cccc(-c2cnccn2)c1C(=O)NC1CCC[C@@H]1COc1ccc(C)cc1. The largest absolute Gasteiger partial charge is 0.496 e. The molecule has 1 N–H and O–H groups in total. The number of nitrogens with one attached hydrogen (secondary N) is 1. The summed E-state index contributed by atoms with van der Waals surface area (Å²) in [6.07, 6.45) is 7.91. The lowest BCUT2D eigenvalue weighted by Gasteiger charge is -2.22. The van der Waals surface area contributed by atoms with E-state index in [4.69, 9.17) is 9.47 Å². The predicted molar refractivity (Wildman–Crippen MR) is 119 cm³/mol. The van der Waals surface area contributed by atoms with Crippen LogP contribution in [0.15, 0.2) is 61.1 Å². The number of methoxy groups -OCH3 is 1. The van der Waals surface area contributed by atoms with Crippen molar-refractivity contribution in [3.05, 3.63) is 72.2 Å². The Hall–Kier alpha value is -3.41. The van der Waals surface area contributed by atoms with Crippen molar-refractivity contribution in [3.8, 4) is 22.8 Å². The summed E-state index contributed by atoms with van der Waals surface area (Å²) in [5.41, 5.74) is 3.03. The number of carbonyl (C=O) groups is 1. The molecule has 160 valence electrons. The quantitative estimate of drug-likeness (QED) is 0.615. The van der Waals surface area contributed by atoms with Gasteiger partial charge in [-0.3, -0.25) is 14.8 Å². The first kappa shape index (κ1) is 20.8. The van der Waals surface area contributed by atoms with Gasteiger partial charge in [-0.25, -0.2) is 0 Å². The molecule has 1 aliphatic carbocycles.